The lowest BCUT2D eigenvalue weighted by Crippen LogP contribution is -2.31. The van der Waals surface area contributed by atoms with Gasteiger partial charge in [-0.3, -0.25) is 0 Å². The molecule has 0 unspecified atom stereocenters. The van der Waals surface area contributed by atoms with E-state index in [0.29, 0.717) is 6.04 Å². The van der Waals surface area contributed by atoms with Gasteiger partial charge in [-0.1, -0.05) is 18.2 Å². The average molecular weight is 219 g/mol. The maximum Gasteiger partial charge on any atom is 0.0681 e. The Hall–Kier alpha value is -1.28. The Balaban J connectivity index is 3.04. The monoisotopic (exact) mass is 219 g/mol. The third-order valence-electron chi connectivity index (χ3n) is 2.70. The van der Waals surface area contributed by atoms with Crippen LogP contribution in [0.5, 0.6) is 0 Å². The van der Waals surface area contributed by atoms with Crippen molar-refractivity contribution in [1.82, 2.24) is 0 Å². The number of benzene rings is 1. The van der Waals surface area contributed by atoms with E-state index in [-0.39, 0.29) is 6.61 Å². The predicted octanol–water partition coefficient (Wildman–Crippen LogP) is 2.89. The molecule has 1 rings (SSSR count). The van der Waals surface area contributed by atoms with Gasteiger partial charge >= 0.3 is 0 Å². The molecule has 0 heterocycles. The van der Waals surface area contributed by atoms with Crippen LogP contribution in [0.25, 0.3) is 0 Å². The molecule has 2 heteroatoms. The van der Waals surface area contributed by atoms with Gasteiger partial charge in [0, 0.05) is 18.3 Å². The van der Waals surface area contributed by atoms with Gasteiger partial charge in [0.2, 0.25) is 0 Å². The first-order chi connectivity index (χ1) is 7.60. The van der Waals surface area contributed by atoms with Crippen LogP contribution in [0.15, 0.2) is 30.9 Å². The Morgan fingerprint density at radius 1 is 1.44 bits per heavy atom. The second-order valence-corrected chi connectivity index (χ2v) is 4.31. The fourth-order valence-electron chi connectivity index (χ4n) is 1.86. The molecule has 0 radical (unpaired) electrons. The minimum atomic E-state index is 0.101. The minimum absolute atomic E-state index is 0.101. The van der Waals surface area contributed by atoms with E-state index in [2.05, 4.69) is 38.3 Å². The number of hydrogen-bond acceptors (Lipinski definition) is 2. The van der Waals surface area contributed by atoms with Crippen LogP contribution in [0, 0.1) is 6.92 Å². The molecular weight excluding hydrogens is 198 g/mol. The molecule has 0 spiro atoms. The molecule has 1 aromatic rings. The summed E-state index contributed by atoms with van der Waals surface area (Å²) in [5.41, 5.74) is 3.37. The van der Waals surface area contributed by atoms with E-state index in [9.17, 15) is 0 Å². The van der Waals surface area contributed by atoms with Crippen molar-refractivity contribution in [2.75, 3.05) is 11.4 Å². The molecule has 0 aliphatic rings. The predicted molar refractivity (Wildman–Crippen MR) is 69.8 cm³/mol. The van der Waals surface area contributed by atoms with Crippen LogP contribution in [0.3, 0.4) is 0 Å². The highest BCUT2D eigenvalue weighted by atomic mass is 16.3. The molecule has 0 amide bonds. The third kappa shape index (κ3) is 2.86. The van der Waals surface area contributed by atoms with Gasteiger partial charge in [0.05, 0.1) is 6.61 Å². The van der Waals surface area contributed by atoms with Crippen molar-refractivity contribution in [3.63, 3.8) is 0 Å². The topological polar surface area (TPSA) is 23.5 Å². The standard InChI is InChI=1S/C14H21NO/c1-5-8-15(11(2)3)14-7-6-13(10-16)9-12(14)4/h5-7,9,11,16H,1,8,10H2,2-4H3. The quantitative estimate of drug-likeness (QED) is 0.770. The van der Waals surface area contributed by atoms with E-state index in [0.717, 1.165) is 12.1 Å². The van der Waals surface area contributed by atoms with Crippen molar-refractivity contribution in [2.24, 2.45) is 0 Å². The highest BCUT2D eigenvalue weighted by molar-refractivity contribution is 5.55. The zero-order valence-electron chi connectivity index (χ0n) is 10.4. The molecule has 0 saturated heterocycles. The fraction of sp³-hybridized carbons (Fsp3) is 0.429. The molecule has 0 aromatic heterocycles. The highest BCUT2D eigenvalue weighted by Crippen LogP contribution is 2.23. The van der Waals surface area contributed by atoms with E-state index < -0.39 is 0 Å². The van der Waals surface area contributed by atoms with Gasteiger partial charge in [0.25, 0.3) is 0 Å². The number of rotatable bonds is 5. The highest BCUT2D eigenvalue weighted by Gasteiger charge is 2.11. The van der Waals surface area contributed by atoms with Crippen LogP contribution in [-0.4, -0.2) is 17.7 Å². The van der Waals surface area contributed by atoms with E-state index in [1.807, 2.05) is 18.2 Å². The SMILES string of the molecule is C=CCN(c1ccc(CO)cc1C)C(C)C. The third-order valence-corrected chi connectivity index (χ3v) is 2.70. The molecule has 1 aromatic carbocycles. The Morgan fingerprint density at radius 3 is 2.56 bits per heavy atom. The zero-order chi connectivity index (χ0) is 12.1. The van der Waals surface area contributed by atoms with Crippen molar-refractivity contribution in [3.05, 3.63) is 42.0 Å². The molecule has 16 heavy (non-hydrogen) atoms. The minimum Gasteiger partial charge on any atom is -0.392 e. The van der Waals surface area contributed by atoms with E-state index in [1.54, 1.807) is 0 Å². The molecule has 88 valence electrons. The van der Waals surface area contributed by atoms with Crippen molar-refractivity contribution < 1.29 is 5.11 Å². The Morgan fingerprint density at radius 2 is 2.12 bits per heavy atom. The van der Waals surface area contributed by atoms with Crippen LogP contribution < -0.4 is 4.90 Å². The lowest BCUT2D eigenvalue weighted by Gasteiger charge is -2.29. The fourth-order valence-corrected chi connectivity index (χ4v) is 1.86. The van der Waals surface area contributed by atoms with Gasteiger partial charge in [0.15, 0.2) is 0 Å². The van der Waals surface area contributed by atoms with Crippen molar-refractivity contribution in [3.8, 4) is 0 Å². The lowest BCUT2D eigenvalue weighted by molar-refractivity contribution is 0.282. The Kier molecular flexibility index (Phi) is 4.56. The smallest absolute Gasteiger partial charge is 0.0681 e. The van der Waals surface area contributed by atoms with Gasteiger partial charge in [-0.2, -0.15) is 0 Å². The number of hydrogen-bond donors (Lipinski definition) is 1. The molecule has 0 saturated carbocycles. The molecular formula is C14H21NO. The summed E-state index contributed by atoms with van der Waals surface area (Å²) in [5.74, 6) is 0. The molecule has 0 aliphatic heterocycles. The van der Waals surface area contributed by atoms with Crippen LogP contribution in [-0.2, 0) is 6.61 Å². The number of aryl methyl sites for hydroxylation is 1. The summed E-state index contributed by atoms with van der Waals surface area (Å²) in [6.07, 6.45) is 1.92. The zero-order valence-corrected chi connectivity index (χ0v) is 10.4. The van der Waals surface area contributed by atoms with Crippen LogP contribution >= 0.6 is 0 Å². The summed E-state index contributed by atoms with van der Waals surface area (Å²) in [6.45, 7) is 11.2. The van der Waals surface area contributed by atoms with E-state index in [1.165, 1.54) is 11.3 Å². The number of aliphatic hydroxyl groups is 1. The number of aliphatic hydroxyl groups excluding tert-OH is 1. The van der Waals surface area contributed by atoms with Crippen molar-refractivity contribution in [2.45, 2.75) is 33.4 Å². The lowest BCUT2D eigenvalue weighted by atomic mass is 10.1. The van der Waals surface area contributed by atoms with Gasteiger partial charge in [-0.15, -0.1) is 6.58 Å². The summed E-state index contributed by atoms with van der Waals surface area (Å²) in [4.78, 5) is 2.30. The van der Waals surface area contributed by atoms with E-state index >= 15 is 0 Å². The molecule has 0 atom stereocenters. The summed E-state index contributed by atoms with van der Waals surface area (Å²) in [5, 5.41) is 9.07. The van der Waals surface area contributed by atoms with Crippen LogP contribution in [0.4, 0.5) is 5.69 Å². The largest absolute Gasteiger partial charge is 0.392 e. The summed E-state index contributed by atoms with van der Waals surface area (Å²) >= 11 is 0. The second kappa shape index (κ2) is 5.71. The molecule has 0 bridgehead atoms. The molecule has 1 N–H and O–H groups in total. The maximum absolute atomic E-state index is 9.07. The summed E-state index contributed by atoms with van der Waals surface area (Å²) < 4.78 is 0. The van der Waals surface area contributed by atoms with Crippen LogP contribution in [0.2, 0.25) is 0 Å². The number of nitrogens with zero attached hydrogens (tertiary/aromatic N) is 1. The Bertz CT molecular complexity index is 358. The number of anilines is 1. The average Bonchev–Trinajstić information content (AvgIpc) is 2.26. The van der Waals surface area contributed by atoms with Gasteiger partial charge in [-0.25, -0.2) is 0 Å². The summed E-state index contributed by atoms with van der Waals surface area (Å²) in [6, 6.07) is 6.52. The molecule has 0 aliphatic carbocycles. The van der Waals surface area contributed by atoms with Crippen molar-refractivity contribution >= 4 is 5.69 Å². The van der Waals surface area contributed by atoms with Crippen LogP contribution in [0.1, 0.15) is 25.0 Å². The first-order valence-electron chi connectivity index (χ1n) is 5.68. The van der Waals surface area contributed by atoms with Gasteiger partial charge in [0.1, 0.15) is 0 Å². The first-order valence-corrected chi connectivity index (χ1v) is 5.68. The second-order valence-electron chi connectivity index (χ2n) is 4.31. The normalized spacial score (nSPS) is 10.6. The van der Waals surface area contributed by atoms with E-state index in [4.69, 9.17) is 5.11 Å². The maximum atomic E-state index is 9.07. The molecule has 0 fully saturated rings. The summed E-state index contributed by atoms with van der Waals surface area (Å²) in [7, 11) is 0. The first kappa shape index (κ1) is 12.8. The molecule has 2 nitrogen and oxygen atoms in total. The van der Waals surface area contributed by atoms with Gasteiger partial charge < -0.3 is 10.0 Å². The Labute approximate surface area is 98.2 Å². The van der Waals surface area contributed by atoms with Gasteiger partial charge in [-0.05, 0) is 38.0 Å². The van der Waals surface area contributed by atoms with Crippen molar-refractivity contribution in [1.29, 1.82) is 0 Å².